The molecule has 1 aliphatic rings. The fourth-order valence-electron chi connectivity index (χ4n) is 4.14. The van der Waals surface area contributed by atoms with Crippen molar-refractivity contribution in [3.8, 4) is 0 Å². The van der Waals surface area contributed by atoms with E-state index in [9.17, 15) is 26.4 Å². The van der Waals surface area contributed by atoms with Crippen LogP contribution in [0.1, 0.15) is 24.0 Å². The van der Waals surface area contributed by atoms with Crippen molar-refractivity contribution in [2.75, 3.05) is 24.1 Å². The van der Waals surface area contributed by atoms with Crippen LogP contribution in [0.2, 0.25) is 0 Å². The van der Waals surface area contributed by atoms with Crippen molar-refractivity contribution >= 4 is 66.5 Å². The molecule has 2 aromatic carbocycles. The molecule has 214 valence electrons. The molecule has 3 N–H and O–H groups in total. The van der Waals surface area contributed by atoms with Crippen LogP contribution in [0.4, 0.5) is 29.9 Å². The molecule has 41 heavy (non-hydrogen) atoms. The summed E-state index contributed by atoms with van der Waals surface area (Å²) in [7, 11) is -3.88. The predicted octanol–water partition coefficient (Wildman–Crippen LogP) is 4.84. The van der Waals surface area contributed by atoms with Crippen molar-refractivity contribution in [1.82, 2.24) is 19.3 Å². The minimum Gasteiger partial charge on any atom is -0.456 e. The minimum absolute atomic E-state index is 0.0226. The first-order chi connectivity index (χ1) is 19.5. The number of piperidine rings is 1. The van der Waals surface area contributed by atoms with E-state index in [0.29, 0.717) is 16.8 Å². The molecule has 0 spiro atoms. The SMILES string of the molecule is Nc1nc2ccc(/C=C/c3cnc(Nc4ccc(S(=O)(=O)N5CCC(OC(=O)C(F)(F)F)CC5)cc4)nc3)cc2s1. The number of carbonyl (C=O) groups excluding carboxylic acids is 1. The number of rotatable bonds is 7. The summed E-state index contributed by atoms with van der Waals surface area (Å²) in [5.74, 6) is -1.96. The molecule has 0 bridgehead atoms. The van der Waals surface area contributed by atoms with Crippen LogP contribution in [0.15, 0.2) is 59.8 Å². The first-order valence-corrected chi connectivity index (χ1v) is 14.5. The number of anilines is 3. The molecule has 1 saturated heterocycles. The van der Waals surface area contributed by atoms with Crippen LogP contribution in [0.5, 0.6) is 0 Å². The molecule has 4 aromatic rings. The van der Waals surface area contributed by atoms with Gasteiger partial charge in [-0.05, 0) is 54.8 Å². The number of benzene rings is 2. The average Bonchev–Trinajstić information content (AvgIpc) is 3.32. The Hall–Kier alpha value is -4.08. The third-order valence-corrected chi connectivity index (χ3v) is 8.98. The number of halogens is 3. The summed E-state index contributed by atoms with van der Waals surface area (Å²) in [6.45, 7) is -0.136. The van der Waals surface area contributed by atoms with Gasteiger partial charge in [0.15, 0.2) is 5.13 Å². The Morgan fingerprint density at radius 3 is 2.37 bits per heavy atom. The molecular weight excluding hydrogens is 581 g/mol. The van der Waals surface area contributed by atoms with E-state index in [4.69, 9.17) is 5.73 Å². The Morgan fingerprint density at radius 1 is 1.05 bits per heavy atom. The summed E-state index contributed by atoms with van der Waals surface area (Å²) < 4.78 is 69.8. The molecule has 10 nitrogen and oxygen atoms in total. The zero-order valence-corrected chi connectivity index (χ0v) is 22.8. The summed E-state index contributed by atoms with van der Waals surface area (Å²) in [6.07, 6.45) is 0.955. The number of hydrogen-bond donors (Lipinski definition) is 2. The number of ether oxygens (including phenoxy) is 1. The second-order valence-electron chi connectivity index (χ2n) is 9.11. The third kappa shape index (κ3) is 6.81. The van der Waals surface area contributed by atoms with Gasteiger partial charge in [-0.2, -0.15) is 17.5 Å². The van der Waals surface area contributed by atoms with Crippen LogP contribution >= 0.6 is 11.3 Å². The van der Waals surface area contributed by atoms with Crippen molar-refractivity contribution in [3.05, 3.63) is 66.0 Å². The Morgan fingerprint density at radius 2 is 1.71 bits per heavy atom. The topological polar surface area (TPSA) is 140 Å². The lowest BCUT2D eigenvalue weighted by atomic mass is 10.1. The van der Waals surface area contributed by atoms with E-state index in [1.807, 2.05) is 30.4 Å². The lowest BCUT2D eigenvalue weighted by molar-refractivity contribution is -0.206. The maximum Gasteiger partial charge on any atom is 0.490 e. The molecule has 15 heteroatoms. The number of carbonyl (C=O) groups is 1. The molecule has 1 aliphatic heterocycles. The number of nitrogens with one attached hydrogen (secondary N) is 1. The molecule has 0 radical (unpaired) electrons. The number of thiazole rings is 1. The van der Waals surface area contributed by atoms with Gasteiger partial charge in [0.2, 0.25) is 16.0 Å². The maximum absolute atomic E-state index is 13.0. The summed E-state index contributed by atoms with van der Waals surface area (Å²) in [6, 6.07) is 11.8. The quantitative estimate of drug-likeness (QED) is 0.284. The molecule has 2 aromatic heterocycles. The standard InChI is InChI=1S/C26H23F3N6O4S2/c27-26(28,29)23(36)39-19-9-11-35(12-10-19)41(37,38)20-6-4-18(5-7-20)33-25-31-14-17(15-32-25)2-1-16-3-8-21-22(13-16)40-24(30)34-21/h1-8,13-15,19H,9-12H2,(H2,30,34)(H,31,32,33)/b2-1+. The zero-order chi connectivity index (χ0) is 29.2. The first kappa shape index (κ1) is 28.4. The van der Waals surface area contributed by atoms with Gasteiger partial charge in [-0.1, -0.05) is 29.6 Å². The Labute approximate surface area is 236 Å². The lowest BCUT2D eigenvalue weighted by Crippen LogP contribution is -2.42. The molecule has 0 unspecified atom stereocenters. The number of fused-ring (bicyclic) bond motifs is 1. The van der Waals surface area contributed by atoms with Gasteiger partial charge in [-0.15, -0.1) is 0 Å². The summed E-state index contributed by atoms with van der Waals surface area (Å²) >= 11 is 1.42. The average molecular weight is 605 g/mol. The first-order valence-electron chi connectivity index (χ1n) is 12.3. The highest BCUT2D eigenvalue weighted by Crippen LogP contribution is 2.27. The molecule has 5 rings (SSSR count). The van der Waals surface area contributed by atoms with Crippen LogP contribution in [-0.2, 0) is 19.6 Å². The Bertz CT molecular complexity index is 1680. The van der Waals surface area contributed by atoms with Crippen LogP contribution in [0, 0.1) is 0 Å². The maximum atomic E-state index is 13.0. The van der Waals surface area contributed by atoms with Crippen molar-refractivity contribution in [2.45, 2.75) is 30.0 Å². The molecule has 0 atom stereocenters. The zero-order valence-electron chi connectivity index (χ0n) is 21.2. The van der Waals surface area contributed by atoms with E-state index < -0.39 is 28.3 Å². The van der Waals surface area contributed by atoms with Crippen molar-refractivity contribution < 1.29 is 31.1 Å². The molecule has 0 amide bonds. The van der Waals surface area contributed by atoms with E-state index in [1.165, 1.54) is 23.5 Å². The summed E-state index contributed by atoms with van der Waals surface area (Å²) in [5, 5.41) is 3.53. The van der Waals surface area contributed by atoms with Crippen LogP contribution in [0.25, 0.3) is 22.4 Å². The van der Waals surface area contributed by atoms with Gasteiger partial charge < -0.3 is 15.8 Å². The number of nitrogens with zero attached hydrogens (tertiary/aromatic N) is 4. The van der Waals surface area contributed by atoms with Gasteiger partial charge in [0, 0.05) is 36.7 Å². The van der Waals surface area contributed by atoms with E-state index in [2.05, 4.69) is 25.0 Å². The molecule has 1 fully saturated rings. The second kappa shape index (κ2) is 11.4. The van der Waals surface area contributed by atoms with Gasteiger partial charge in [0.05, 0.1) is 15.1 Å². The second-order valence-corrected chi connectivity index (χ2v) is 12.1. The monoisotopic (exact) mass is 604 g/mol. The number of hydrogen-bond acceptors (Lipinski definition) is 10. The van der Waals surface area contributed by atoms with E-state index >= 15 is 0 Å². The number of aromatic nitrogens is 3. The van der Waals surface area contributed by atoms with Crippen molar-refractivity contribution in [2.24, 2.45) is 0 Å². The minimum atomic E-state index is -5.09. The molecule has 3 heterocycles. The highest BCUT2D eigenvalue weighted by atomic mass is 32.2. The van der Waals surface area contributed by atoms with Crippen LogP contribution in [0.3, 0.4) is 0 Å². The van der Waals surface area contributed by atoms with Gasteiger partial charge >= 0.3 is 12.1 Å². The fourth-order valence-corrected chi connectivity index (χ4v) is 6.39. The largest absolute Gasteiger partial charge is 0.490 e. The van der Waals surface area contributed by atoms with E-state index in [1.54, 1.807) is 24.5 Å². The van der Waals surface area contributed by atoms with Crippen molar-refractivity contribution in [3.63, 3.8) is 0 Å². The third-order valence-electron chi connectivity index (χ3n) is 6.22. The Balaban J connectivity index is 1.16. The summed E-state index contributed by atoms with van der Waals surface area (Å²) in [4.78, 5) is 23.9. The molecule has 0 saturated carbocycles. The molecular formula is C26H23F3N6O4S2. The normalized spacial score (nSPS) is 15.4. The highest BCUT2D eigenvalue weighted by Gasteiger charge is 2.43. The Kier molecular flexibility index (Phi) is 7.93. The van der Waals surface area contributed by atoms with E-state index in [-0.39, 0.29) is 30.8 Å². The smallest absolute Gasteiger partial charge is 0.456 e. The highest BCUT2D eigenvalue weighted by molar-refractivity contribution is 7.89. The van der Waals surface area contributed by atoms with Gasteiger partial charge in [-0.25, -0.2) is 28.2 Å². The van der Waals surface area contributed by atoms with Crippen LogP contribution < -0.4 is 11.1 Å². The number of nitrogens with two attached hydrogens (primary N) is 1. The van der Waals surface area contributed by atoms with Gasteiger partial charge in [-0.3, -0.25) is 0 Å². The number of esters is 1. The van der Waals surface area contributed by atoms with Crippen LogP contribution in [-0.4, -0.2) is 59.0 Å². The van der Waals surface area contributed by atoms with Gasteiger partial charge in [0.25, 0.3) is 0 Å². The van der Waals surface area contributed by atoms with E-state index in [0.717, 1.165) is 25.6 Å². The number of nitrogen functional groups attached to an aromatic ring is 1. The summed E-state index contributed by atoms with van der Waals surface area (Å²) in [5.41, 5.74) is 8.92. The number of sulfonamides is 1. The molecule has 0 aliphatic carbocycles. The van der Waals surface area contributed by atoms with Crippen molar-refractivity contribution in [1.29, 1.82) is 0 Å². The fraction of sp³-hybridized carbons (Fsp3) is 0.231. The number of alkyl halides is 3. The predicted molar refractivity (Wildman–Crippen MR) is 149 cm³/mol. The lowest BCUT2D eigenvalue weighted by Gasteiger charge is -2.31. The van der Waals surface area contributed by atoms with Gasteiger partial charge in [0.1, 0.15) is 6.10 Å².